The Balaban J connectivity index is 2.62. The Labute approximate surface area is 105 Å². The first kappa shape index (κ1) is 15.7. The first-order valence-corrected chi connectivity index (χ1v) is 6.06. The average molecular weight is 270 g/mol. The Kier molecular flexibility index (Phi) is 5.39. The molecule has 0 amide bonds. The molecule has 1 heterocycles. The number of ether oxygens (including phenoxy) is 1. The maximum Gasteiger partial charge on any atom is 0.404 e. The second kappa shape index (κ2) is 6.18. The summed E-state index contributed by atoms with van der Waals surface area (Å²) in [6.45, 7) is 0.729. The molecule has 1 fully saturated rings. The van der Waals surface area contributed by atoms with Gasteiger partial charge in [0.2, 0.25) is 0 Å². The fraction of sp³-hybridized carbons (Fsp3) is 1.00. The normalized spacial score (nSPS) is 22.2. The highest BCUT2D eigenvalue weighted by atomic mass is 19.4. The number of nitrogens with two attached hydrogens (primary N) is 1. The summed E-state index contributed by atoms with van der Waals surface area (Å²) in [6, 6.07) is -1.60. The van der Waals surface area contributed by atoms with Gasteiger partial charge < -0.3 is 15.6 Å². The fourth-order valence-corrected chi connectivity index (χ4v) is 2.28. The Morgan fingerprint density at radius 2 is 1.94 bits per heavy atom. The third-order valence-corrected chi connectivity index (χ3v) is 3.32. The molecule has 0 bridgehead atoms. The molecule has 3 N–H and O–H groups in total. The van der Waals surface area contributed by atoms with Crippen LogP contribution in [0.4, 0.5) is 13.2 Å². The quantitative estimate of drug-likeness (QED) is 0.773. The van der Waals surface area contributed by atoms with Crippen molar-refractivity contribution in [3.8, 4) is 0 Å². The number of hydrogen-bond acceptors (Lipinski definition) is 4. The minimum absolute atomic E-state index is 0.0134. The molecule has 0 aromatic rings. The van der Waals surface area contributed by atoms with Crippen molar-refractivity contribution in [2.24, 2.45) is 5.73 Å². The van der Waals surface area contributed by atoms with E-state index in [1.165, 1.54) is 7.05 Å². The molecule has 1 aliphatic heterocycles. The van der Waals surface area contributed by atoms with Gasteiger partial charge in [-0.3, -0.25) is 4.90 Å². The number of likely N-dealkylation sites (N-methyl/N-ethyl adjacent to an activating group) is 1. The van der Waals surface area contributed by atoms with Crippen LogP contribution in [0.15, 0.2) is 0 Å². The van der Waals surface area contributed by atoms with Crippen molar-refractivity contribution in [2.45, 2.75) is 37.1 Å². The maximum atomic E-state index is 12.8. The molecular weight excluding hydrogens is 249 g/mol. The van der Waals surface area contributed by atoms with Crippen LogP contribution < -0.4 is 5.73 Å². The molecule has 108 valence electrons. The number of halogens is 3. The number of alkyl halides is 3. The predicted molar refractivity (Wildman–Crippen MR) is 61.1 cm³/mol. The topological polar surface area (TPSA) is 58.7 Å². The van der Waals surface area contributed by atoms with Crippen molar-refractivity contribution in [1.29, 1.82) is 0 Å². The van der Waals surface area contributed by atoms with Gasteiger partial charge >= 0.3 is 6.18 Å². The highest BCUT2D eigenvalue weighted by Crippen LogP contribution is 2.29. The monoisotopic (exact) mass is 270 g/mol. The smallest absolute Gasteiger partial charge is 0.388 e. The van der Waals surface area contributed by atoms with Gasteiger partial charge in [-0.15, -0.1) is 0 Å². The summed E-state index contributed by atoms with van der Waals surface area (Å²) >= 11 is 0. The van der Waals surface area contributed by atoms with E-state index in [1.807, 2.05) is 0 Å². The highest BCUT2D eigenvalue weighted by molar-refractivity contribution is 4.88. The van der Waals surface area contributed by atoms with Crippen molar-refractivity contribution < 1.29 is 23.0 Å². The van der Waals surface area contributed by atoms with Gasteiger partial charge in [0.15, 0.2) is 0 Å². The number of hydrogen-bond donors (Lipinski definition) is 2. The second-order valence-electron chi connectivity index (χ2n) is 4.89. The highest BCUT2D eigenvalue weighted by Gasteiger charge is 2.44. The van der Waals surface area contributed by atoms with Crippen LogP contribution in [-0.2, 0) is 4.74 Å². The van der Waals surface area contributed by atoms with E-state index < -0.39 is 17.8 Å². The molecule has 7 heteroatoms. The minimum Gasteiger partial charge on any atom is -0.388 e. The second-order valence-corrected chi connectivity index (χ2v) is 4.89. The first-order valence-electron chi connectivity index (χ1n) is 6.06. The van der Waals surface area contributed by atoms with Crippen LogP contribution in [0.3, 0.4) is 0 Å². The van der Waals surface area contributed by atoms with Crippen molar-refractivity contribution in [3.63, 3.8) is 0 Å². The maximum absolute atomic E-state index is 12.8. The molecule has 1 rings (SSSR count). The summed E-state index contributed by atoms with van der Waals surface area (Å²) in [5.74, 6) is 0. The lowest BCUT2D eigenvalue weighted by molar-refractivity contribution is -0.190. The number of aliphatic hydroxyl groups is 1. The molecular formula is C11H21F3N2O2. The molecule has 1 aliphatic rings. The molecule has 1 atom stereocenters. The van der Waals surface area contributed by atoms with Crippen molar-refractivity contribution >= 4 is 0 Å². The van der Waals surface area contributed by atoms with Gasteiger partial charge in [0.05, 0.1) is 5.60 Å². The zero-order chi connectivity index (χ0) is 13.8. The lowest BCUT2D eigenvalue weighted by Crippen LogP contribution is -2.53. The van der Waals surface area contributed by atoms with E-state index in [0.29, 0.717) is 26.1 Å². The van der Waals surface area contributed by atoms with Crippen molar-refractivity contribution in [2.75, 3.05) is 33.4 Å². The van der Waals surface area contributed by atoms with E-state index in [1.54, 1.807) is 0 Å². The van der Waals surface area contributed by atoms with E-state index in [-0.39, 0.29) is 19.5 Å². The van der Waals surface area contributed by atoms with Crippen LogP contribution in [0.25, 0.3) is 0 Å². The molecule has 0 aromatic heterocycles. The predicted octanol–water partition coefficient (Wildman–Crippen LogP) is 0.739. The van der Waals surface area contributed by atoms with E-state index >= 15 is 0 Å². The van der Waals surface area contributed by atoms with Crippen LogP contribution in [0.5, 0.6) is 0 Å². The van der Waals surface area contributed by atoms with Gasteiger partial charge in [-0.2, -0.15) is 13.2 Å². The summed E-state index contributed by atoms with van der Waals surface area (Å²) in [7, 11) is 1.38. The standard InChI is InChI=1S/C11H21F3N2O2/c1-16(9(2-5-15)11(12,13)14)8-10(17)3-6-18-7-4-10/h9,17H,2-8,15H2,1H3. The largest absolute Gasteiger partial charge is 0.404 e. The Hall–Kier alpha value is -0.370. The summed E-state index contributed by atoms with van der Waals surface area (Å²) in [6.07, 6.45) is -3.75. The van der Waals surface area contributed by atoms with Crippen LogP contribution in [-0.4, -0.2) is 61.2 Å². The van der Waals surface area contributed by atoms with Crippen molar-refractivity contribution in [1.82, 2.24) is 4.90 Å². The number of nitrogens with zero attached hydrogens (tertiary/aromatic N) is 1. The van der Waals surface area contributed by atoms with Gasteiger partial charge in [0.1, 0.15) is 6.04 Å². The fourth-order valence-electron chi connectivity index (χ4n) is 2.28. The molecule has 0 saturated carbocycles. The molecule has 18 heavy (non-hydrogen) atoms. The average Bonchev–Trinajstić information content (AvgIpc) is 2.24. The van der Waals surface area contributed by atoms with Crippen molar-refractivity contribution in [3.05, 3.63) is 0 Å². The van der Waals surface area contributed by atoms with Gasteiger partial charge in [-0.1, -0.05) is 0 Å². The summed E-state index contributed by atoms with van der Waals surface area (Å²) in [5, 5.41) is 10.2. The van der Waals surface area contributed by atoms with Crippen LogP contribution in [0, 0.1) is 0 Å². The molecule has 0 spiro atoms. The molecule has 0 radical (unpaired) electrons. The Morgan fingerprint density at radius 3 is 2.39 bits per heavy atom. The van der Waals surface area contributed by atoms with E-state index in [4.69, 9.17) is 10.5 Å². The Morgan fingerprint density at radius 1 is 1.39 bits per heavy atom. The molecule has 1 saturated heterocycles. The minimum atomic E-state index is -4.32. The van der Waals surface area contributed by atoms with Crippen LogP contribution >= 0.6 is 0 Å². The van der Waals surface area contributed by atoms with Gasteiger partial charge in [0.25, 0.3) is 0 Å². The van der Waals surface area contributed by atoms with Gasteiger partial charge in [0, 0.05) is 32.6 Å². The van der Waals surface area contributed by atoms with E-state index in [0.717, 1.165) is 4.90 Å². The van der Waals surface area contributed by atoms with E-state index in [9.17, 15) is 18.3 Å². The van der Waals surface area contributed by atoms with Gasteiger partial charge in [-0.25, -0.2) is 0 Å². The summed E-state index contributed by atoms with van der Waals surface area (Å²) in [4.78, 5) is 1.15. The molecule has 0 aliphatic carbocycles. The molecule has 4 nitrogen and oxygen atoms in total. The summed E-state index contributed by atoms with van der Waals surface area (Å²) < 4.78 is 43.6. The van der Waals surface area contributed by atoms with Crippen LogP contribution in [0.2, 0.25) is 0 Å². The lowest BCUT2D eigenvalue weighted by Gasteiger charge is -2.38. The van der Waals surface area contributed by atoms with E-state index in [2.05, 4.69) is 0 Å². The van der Waals surface area contributed by atoms with Gasteiger partial charge in [-0.05, 0) is 20.0 Å². The third-order valence-electron chi connectivity index (χ3n) is 3.32. The lowest BCUT2D eigenvalue weighted by atomic mass is 9.93. The SMILES string of the molecule is CN(CC1(O)CCOCC1)C(CCN)C(F)(F)F. The summed E-state index contributed by atoms with van der Waals surface area (Å²) in [5.41, 5.74) is 4.13. The zero-order valence-electron chi connectivity index (χ0n) is 10.5. The first-order chi connectivity index (χ1) is 8.28. The molecule has 1 unspecified atom stereocenters. The zero-order valence-corrected chi connectivity index (χ0v) is 10.5. The third kappa shape index (κ3) is 4.38. The number of rotatable bonds is 5. The molecule has 0 aromatic carbocycles. The Bertz CT molecular complexity index is 255. The van der Waals surface area contributed by atoms with Crippen LogP contribution in [0.1, 0.15) is 19.3 Å².